The molecule has 0 saturated heterocycles. The molecule has 27 heavy (non-hydrogen) atoms. The van der Waals surface area contributed by atoms with Crippen LogP contribution in [0.2, 0.25) is 0 Å². The lowest BCUT2D eigenvalue weighted by Gasteiger charge is -2.10. The van der Waals surface area contributed by atoms with Gasteiger partial charge in [-0.25, -0.2) is 14.8 Å². The average molecular weight is 363 g/mol. The van der Waals surface area contributed by atoms with E-state index in [0.29, 0.717) is 18.2 Å². The summed E-state index contributed by atoms with van der Waals surface area (Å²) in [5.41, 5.74) is 1.73. The van der Waals surface area contributed by atoms with E-state index in [1.165, 1.54) is 19.4 Å². The molecule has 0 atom stereocenters. The number of nitrogens with one attached hydrogen (secondary N) is 2. The Morgan fingerprint density at radius 1 is 1.07 bits per heavy atom. The second-order valence-electron chi connectivity index (χ2n) is 5.47. The molecule has 0 aliphatic heterocycles. The Balaban J connectivity index is 1.72. The van der Waals surface area contributed by atoms with Crippen molar-refractivity contribution in [3.8, 4) is 0 Å². The van der Waals surface area contributed by atoms with Gasteiger partial charge in [-0.1, -0.05) is 18.2 Å². The number of carbonyl (C=O) groups excluding carboxylic acids is 2. The van der Waals surface area contributed by atoms with Gasteiger partial charge in [-0.05, 0) is 29.8 Å². The first-order chi connectivity index (χ1) is 13.2. The van der Waals surface area contributed by atoms with Crippen LogP contribution in [0, 0.1) is 0 Å². The van der Waals surface area contributed by atoms with Gasteiger partial charge in [0.15, 0.2) is 0 Å². The number of para-hydroxylation sites is 1. The fourth-order valence-corrected chi connectivity index (χ4v) is 2.32. The molecule has 0 radical (unpaired) electrons. The van der Waals surface area contributed by atoms with Crippen LogP contribution < -0.4 is 10.6 Å². The van der Waals surface area contributed by atoms with Crippen LogP contribution in [0.4, 0.5) is 11.6 Å². The number of hydrogen-bond acceptors (Lipinski definition) is 7. The Hall–Kier alpha value is -3.81. The molecule has 3 aromatic rings. The largest absolute Gasteiger partial charge is 0.465 e. The van der Waals surface area contributed by atoms with Gasteiger partial charge in [-0.15, -0.1) is 0 Å². The molecular formula is C19H17N5O3. The number of amides is 1. The molecule has 0 fully saturated rings. The lowest BCUT2D eigenvalue weighted by Crippen LogP contribution is -2.17. The standard InChI is InChI=1S/C19H17N5O3/c1-27-18(26)14-6-2-3-7-15(14)23-17(25)16-8-10-21-19(24-16)22-12-13-5-4-9-20-11-13/h2-11H,12H2,1H3,(H,23,25)(H,21,22,24). The normalized spacial score (nSPS) is 10.1. The number of ether oxygens (including phenoxy) is 1. The lowest BCUT2D eigenvalue weighted by molar-refractivity contribution is 0.0602. The third-order valence-corrected chi connectivity index (χ3v) is 3.64. The van der Waals surface area contributed by atoms with E-state index in [-0.39, 0.29) is 11.3 Å². The van der Waals surface area contributed by atoms with Crippen molar-refractivity contribution in [3.63, 3.8) is 0 Å². The van der Waals surface area contributed by atoms with E-state index in [4.69, 9.17) is 4.74 Å². The van der Waals surface area contributed by atoms with E-state index in [1.54, 1.807) is 36.7 Å². The molecule has 8 heteroatoms. The van der Waals surface area contributed by atoms with Crippen LogP contribution in [0.1, 0.15) is 26.4 Å². The number of aromatic nitrogens is 3. The summed E-state index contributed by atoms with van der Waals surface area (Å²) in [6.45, 7) is 0.476. The van der Waals surface area contributed by atoms with Gasteiger partial charge in [0, 0.05) is 25.1 Å². The highest BCUT2D eigenvalue weighted by atomic mass is 16.5. The molecule has 0 spiro atoms. The van der Waals surface area contributed by atoms with Crippen molar-refractivity contribution in [2.45, 2.75) is 6.54 Å². The van der Waals surface area contributed by atoms with Crippen molar-refractivity contribution in [1.82, 2.24) is 15.0 Å². The van der Waals surface area contributed by atoms with Gasteiger partial charge in [-0.2, -0.15) is 0 Å². The molecule has 1 amide bonds. The Labute approximate surface area is 155 Å². The van der Waals surface area contributed by atoms with Gasteiger partial charge >= 0.3 is 5.97 Å². The van der Waals surface area contributed by atoms with E-state index < -0.39 is 11.9 Å². The fourth-order valence-electron chi connectivity index (χ4n) is 2.32. The second kappa shape index (κ2) is 8.52. The number of anilines is 2. The smallest absolute Gasteiger partial charge is 0.339 e. The molecule has 0 aliphatic carbocycles. The predicted octanol–water partition coefficient (Wildman–Crippen LogP) is 2.52. The minimum atomic E-state index is -0.535. The maximum Gasteiger partial charge on any atom is 0.339 e. The van der Waals surface area contributed by atoms with Crippen LogP contribution in [0.15, 0.2) is 61.1 Å². The van der Waals surface area contributed by atoms with Crippen molar-refractivity contribution in [2.75, 3.05) is 17.7 Å². The molecule has 8 nitrogen and oxygen atoms in total. The first-order valence-corrected chi connectivity index (χ1v) is 8.12. The van der Waals surface area contributed by atoms with Crippen LogP contribution in [-0.2, 0) is 11.3 Å². The summed E-state index contributed by atoms with van der Waals surface area (Å²) in [4.78, 5) is 36.7. The van der Waals surface area contributed by atoms with Crippen molar-refractivity contribution in [1.29, 1.82) is 0 Å². The zero-order chi connectivity index (χ0) is 19.1. The van der Waals surface area contributed by atoms with Gasteiger partial charge in [0.2, 0.25) is 5.95 Å². The highest BCUT2D eigenvalue weighted by Gasteiger charge is 2.15. The van der Waals surface area contributed by atoms with E-state index in [1.807, 2.05) is 12.1 Å². The number of methoxy groups -OCH3 is 1. The van der Waals surface area contributed by atoms with Crippen LogP contribution in [0.3, 0.4) is 0 Å². The summed E-state index contributed by atoms with van der Waals surface area (Å²) >= 11 is 0. The van der Waals surface area contributed by atoms with E-state index >= 15 is 0 Å². The van der Waals surface area contributed by atoms with Gasteiger partial charge in [-0.3, -0.25) is 9.78 Å². The Morgan fingerprint density at radius 3 is 2.70 bits per heavy atom. The number of rotatable bonds is 6. The molecule has 3 rings (SSSR count). The summed E-state index contributed by atoms with van der Waals surface area (Å²) in [7, 11) is 1.28. The number of nitrogens with zero attached hydrogens (tertiary/aromatic N) is 3. The molecule has 0 aliphatic rings. The molecular weight excluding hydrogens is 346 g/mol. The van der Waals surface area contributed by atoms with Crippen molar-refractivity contribution >= 4 is 23.5 Å². The molecule has 2 aromatic heterocycles. The highest BCUT2D eigenvalue weighted by molar-refractivity contribution is 6.07. The summed E-state index contributed by atoms with van der Waals surface area (Å²) in [6, 6.07) is 11.8. The van der Waals surface area contributed by atoms with E-state index in [9.17, 15) is 9.59 Å². The number of pyridine rings is 1. The zero-order valence-corrected chi connectivity index (χ0v) is 14.5. The molecule has 136 valence electrons. The third kappa shape index (κ3) is 4.63. The molecule has 1 aromatic carbocycles. The van der Waals surface area contributed by atoms with Crippen LogP contribution in [0.25, 0.3) is 0 Å². The van der Waals surface area contributed by atoms with Gasteiger partial charge in [0.1, 0.15) is 5.69 Å². The zero-order valence-electron chi connectivity index (χ0n) is 14.5. The summed E-state index contributed by atoms with van der Waals surface area (Å²) in [5.74, 6) is -0.682. The second-order valence-corrected chi connectivity index (χ2v) is 5.47. The average Bonchev–Trinajstić information content (AvgIpc) is 2.73. The van der Waals surface area contributed by atoms with Crippen molar-refractivity contribution < 1.29 is 14.3 Å². The van der Waals surface area contributed by atoms with Crippen molar-refractivity contribution in [3.05, 3.63) is 77.9 Å². The summed E-state index contributed by atoms with van der Waals surface area (Å²) < 4.78 is 4.73. The Morgan fingerprint density at radius 2 is 1.93 bits per heavy atom. The van der Waals surface area contributed by atoms with Gasteiger partial charge < -0.3 is 15.4 Å². The molecule has 2 N–H and O–H groups in total. The van der Waals surface area contributed by atoms with E-state index in [0.717, 1.165) is 5.56 Å². The number of esters is 1. The van der Waals surface area contributed by atoms with Crippen molar-refractivity contribution in [2.24, 2.45) is 0 Å². The number of benzene rings is 1. The van der Waals surface area contributed by atoms with Gasteiger partial charge in [0.05, 0.1) is 18.4 Å². The molecule has 0 bridgehead atoms. The van der Waals surface area contributed by atoms with Crippen LogP contribution in [-0.4, -0.2) is 33.9 Å². The third-order valence-electron chi connectivity index (χ3n) is 3.64. The quantitative estimate of drug-likeness (QED) is 0.648. The minimum Gasteiger partial charge on any atom is -0.465 e. The van der Waals surface area contributed by atoms with E-state index in [2.05, 4.69) is 25.6 Å². The highest BCUT2D eigenvalue weighted by Crippen LogP contribution is 2.17. The maximum absolute atomic E-state index is 12.5. The van der Waals surface area contributed by atoms with Gasteiger partial charge in [0.25, 0.3) is 5.91 Å². The monoisotopic (exact) mass is 363 g/mol. The predicted molar refractivity (Wildman–Crippen MR) is 99.3 cm³/mol. The molecule has 0 unspecified atom stereocenters. The SMILES string of the molecule is COC(=O)c1ccccc1NC(=O)c1ccnc(NCc2cccnc2)n1. The Bertz CT molecular complexity index is 947. The Kier molecular flexibility index (Phi) is 5.68. The molecule has 2 heterocycles. The first-order valence-electron chi connectivity index (χ1n) is 8.12. The maximum atomic E-state index is 12.5. The topological polar surface area (TPSA) is 106 Å². The minimum absolute atomic E-state index is 0.165. The van der Waals surface area contributed by atoms with Crippen LogP contribution in [0.5, 0.6) is 0 Å². The lowest BCUT2D eigenvalue weighted by atomic mass is 10.1. The number of carbonyl (C=O) groups is 2. The molecule has 0 saturated carbocycles. The fraction of sp³-hybridized carbons (Fsp3) is 0.105. The summed E-state index contributed by atoms with van der Waals surface area (Å²) in [6.07, 6.45) is 4.91. The number of hydrogen-bond donors (Lipinski definition) is 2. The summed E-state index contributed by atoms with van der Waals surface area (Å²) in [5, 5.41) is 5.72. The first kappa shape index (κ1) is 18.0. The van der Waals surface area contributed by atoms with Crippen LogP contribution >= 0.6 is 0 Å².